The zero-order valence-electron chi connectivity index (χ0n) is 10.7. The Bertz CT molecular complexity index is 535. The van der Waals surface area contributed by atoms with E-state index in [-0.39, 0.29) is 16.8 Å². The van der Waals surface area contributed by atoms with E-state index in [9.17, 15) is 8.42 Å². The van der Waals surface area contributed by atoms with E-state index in [0.29, 0.717) is 21.3 Å². The van der Waals surface area contributed by atoms with Crippen LogP contribution >= 0.6 is 43.5 Å². The quantitative estimate of drug-likeness (QED) is 0.686. The molecule has 0 saturated heterocycles. The second-order valence-electron chi connectivity index (χ2n) is 4.68. The Kier molecular flexibility index (Phi) is 6.79. The van der Waals surface area contributed by atoms with E-state index >= 15 is 0 Å². The minimum atomic E-state index is -3.58. The van der Waals surface area contributed by atoms with Gasteiger partial charge in [-0.15, -0.1) is 11.6 Å². The van der Waals surface area contributed by atoms with Gasteiger partial charge < -0.3 is 0 Å². The van der Waals surface area contributed by atoms with E-state index in [1.165, 1.54) is 0 Å². The standard InChI is InChI=1S/C12H16Br2ClNO2S/c1-8(2)5-10(7-15)16-19(17,18)12-6-9(13)3-4-11(12)14/h3-4,6,8,10,16H,5,7H2,1-2H3. The number of benzene rings is 1. The van der Waals surface area contributed by atoms with Crippen LogP contribution in [0.1, 0.15) is 20.3 Å². The van der Waals surface area contributed by atoms with Crippen LogP contribution < -0.4 is 4.72 Å². The first-order valence-corrected chi connectivity index (χ1v) is 9.40. The van der Waals surface area contributed by atoms with Gasteiger partial charge >= 0.3 is 0 Å². The molecule has 0 heterocycles. The second kappa shape index (κ2) is 7.41. The first-order chi connectivity index (χ1) is 8.76. The smallest absolute Gasteiger partial charge is 0.207 e. The van der Waals surface area contributed by atoms with E-state index < -0.39 is 10.0 Å². The summed E-state index contributed by atoms with van der Waals surface area (Å²) in [4.78, 5) is 0.209. The number of sulfonamides is 1. The van der Waals surface area contributed by atoms with Gasteiger partial charge in [-0.25, -0.2) is 13.1 Å². The predicted octanol–water partition coefficient (Wildman–Crippen LogP) is 4.14. The lowest BCUT2D eigenvalue weighted by Gasteiger charge is -2.18. The lowest BCUT2D eigenvalue weighted by molar-refractivity contribution is 0.485. The molecule has 0 aliphatic heterocycles. The Balaban J connectivity index is 3.00. The van der Waals surface area contributed by atoms with Crippen molar-refractivity contribution in [2.24, 2.45) is 5.92 Å². The van der Waals surface area contributed by atoms with Crippen LogP contribution in [0.15, 0.2) is 32.0 Å². The van der Waals surface area contributed by atoms with E-state index in [1.807, 2.05) is 13.8 Å². The Morgan fingerprint density at radius 3 is 2.47 bits per heavy atom. The van der Waals surface area contributed by atoms with Crippen molar-refractivity contribution in [2.75, 3.05) is 5.88 Å². The molecule has 0 aliphatic rings. The largest absolute Gasteiger partial charge is 0.242 e. The summed E-state index contributed by atoms with van der Waals surface area (Å²) >= 11 is 12.4. The molecule has 0 spiro atoms. The van der Waals surface area contributed by atoms with Crippen LogP contribution in [0.25, 0.3) is 0 Å². The topological polar surface area (TPSA) is 46.2 Å². The molecular formula is C12H16Br2ClNO2S. The molecule has 0 aromatic heterocycles. The number of nitrogens with one attached hydrogen (secondary N) is 1. The SMILES string of the molecule is CC(C)CC(CCl)NS(=O)(=O)c1cc(Br)ccc1Br. The first-order valence-electron chi connectivity index (χ1n) is 5.79. The molecule has 7 heteroatoms. The van der Waals surface area contributed by atoms with Gasteiger partial charge in [-0.2, -0.15) is 0 Å². The first kappa shape index (κ1) is 17.4. The summed E-state index contributed by atoms with van der Waals surface area (Å²) in [5, 5.41) is 0. The molecule has 0 fully saturated rings. The molecule has 0 amide bonds. The van der Waals surface area contributed by atoms with Crippen LogP contribution in [0.3, 0.4) is 0 Å². The van der Waals surface area contributed by atoms with Crippen molar-refractivity contribution < 1.29 is 8.42 Å². The Hall–Kier alpha value is 0.380. The predicted molar refractivity (Wildman–Crippen MR) is 86.1 cm³/mol. The molecule has 19 heavy (non-hydrogen) atoms. The molecule has 1 unspecified atom stereocenters. The third kappa shape index (κ3) is 5.34. The minimum absolute atomic E-state index is 0.209. The Morgan fingerprint density at radius 2 is 1.95 bits per heavy atom. The van der Waals surface area contributed by atoms with Gasteiger partial charge in [-0.05, 0) is 46.5 Å². The van der Waals surface area contributed by atoms with Crippen LogP contribution in [0.5, 0.6) is 0 Å². The highest BCUT2D eigenvalue weighted by molar-refractivity contribution is 9.11. The lowest BCUT2D eigenvalue weighted by atomic mass is 10.1. The van der Waals surface area contributed by atoms with Gasteiger partial charge in [0, 0.05) is 20.9 Å². The van der Waals surface area contributed by atoms with Crippen LogP contribution in [0, 0.1) is 5.92 Å². The highest BCUT2D eigenvalue weighted by Gasteiger charge is 2.22. The summed E-state index contributed by atoms with van der Waals surface area (Å²) in [6.07, 6.45) is 0.703. The number of alkyl halides is 1. The summed E-state index contributed by atoms with van der Waals surface area (Å²) in [5.41, 5.74) is 0. The highest BCUT2D eigenvalue weighted by atomic mass is 79.9. The molecule has 0 radical (unpaired) electrons. The maximum Gasteiger partial charge on any atom is 0.242 e. The summed E-state index contributed by atoms with van der Waals surface area (Å²) in [7, 11) is -3.58. The maximum atomic E-state index is 12.3. The van der Waals surface area contributed by atoms with Crippen LogP contribution in [0.4, 0.5) is 0 Å². The summed E-state index contributed by atoms with van der Waals surface area (Å²) in [6, 6.07) is 4.76. The van der Waals surface area contributed by atoms with Gasteiger partial charge in [0.2, 0.25) is 10.0 Å². The lowest BCUT2D eigenvalue weighted by Crippen LogP contribution is -2.37. The molecule has 1 rings (SSSR count). The molecule has 108 valence electrons. The third-order valence-corrected chi connectivity index (χ3v) is 5.83. The van der Waals surface area contributed by atoms with Crippen molar-refractivity contribution >= 4 is 53.5 Å². The van der Waals surface area contributed by atoms with Gasteiger partial charge in [0.05, 0.1) is 4.90 Å². The van der Waals surface area contributed by atoms with Crippen molar-refractivity contribution in [3.8, 4) is 0 Å². The normalized spacial score (nSPS) is 13.8. The average Bonchev–Trinajstić information content (AvgIpc) is 2.30. The van der Waals surface area contributed by atoms with Crippen LogP contribution in [-0.4, -0.2) is 20.3 Å². The van der Waals surface area contributed by atoms with Crippen molar-refractivity contribution in [1.29, 1.82) is 0 Å². The molecule has 1 atom stereocenters. The highest BCUT2D eigenvalue weighted by Crippen LogP contribution is 2.26. The van der Waals surface area contributed by atoms with Gasteiger partial charge in [-0.1, -0.05) is 29.8 Å². The summed E-state index contributed by atoms with van der Waals surface area (Å²) in [5.74, 6) is 0.626. The van der Waals surface area contributed by atoms with E-state index in [1.54, 1.807) is 18.2 Å². The average molecular weight is 434 g/mol. The molecule has 1 aromatic rings. The zero-order valence-corrected chi connectivity index (χ0v) is 15.4. The van der Waals surface area contributed by atoms with Gasteiger partial charge in [0.15, 0.2) is 0 Å². The van der Waals surface area contributed by atoms with Crippen molar-refractivity contribution in [3.05, 3.63) is 27.1 Å². The number of rotatable bonds is 6. The van der Waals surface area contributed by atoms with E-state index in [2.05, 4.69) is 36.6 Å². The monoisotopic (exact) mass is 431 g/mol. The number of hydrogen-bond donors (Lipinski definition) is 1. The van der Waals surface area contributed by atoms with Gasteiger partial charge in [0.25, 0.3) is 0 Å². The van der Waals surface area contributed by atoms with Gasteiger partial charge in [-0.3, -0.25) is 0 Å². The van der Waals surface area contributed by atoms with Gasteiger partial charge in [0.1, 0.15) is 0 Å². The molecule has 0 bridgehead atoms. The van der Waals surface area contributed by atoms with E-state index in [4.69, 9.17) is 11.6 Å². The summed E-state index contributed by atoms with van der Waals surface area (Å²) < 4.78 is 28.6. The fourth-order valence-corrected chi connectivity index (χ4v) is 4.72. The molecule has 1 N–H and O–H groups in total. The molecule has 3 nitrogen and oxygen atoms in total. The molecule has 0 aliphatic carbocycles. The fourth-order valence-electron chi connectivity index (χ4n) is 1.68. The van der Waals surface area contributed by atoms with E-state index in [0.717, 1.165) is 0 Å². The minimum Gasteiger partial charge on any atom is -0.207 e. The second-order valence-corrected chi connectivity index (χ2v) is 8.44. The zero-order chi connectivity index (χ0) is 14.6. The van der Waals surface area contributed by atoms with Crippen LogP contribution in [0.2, 0.25) is 0 Å². The van der Waals surface area contributed by atoms with Crippen molar-refractivity contribution in [1.82, 2.24) is 4.72 Å². The summed E-state index contributed by atoms with van der Waals surface area (Å²) in [6.45, 7) is 4.06. The maximum absolute atomic E-state index is 12.3. The fraction of sp³-hybridized carbons (Fsp3) is 0.500. The third-order valence-electron chi connectivity index (χ3n) is 2.45. The Morgan fingerprint density at radius 1 is 1.32 bits per heavy atom. The van der Waals surface area contributed by atoms with Crippen molar-refractivity contribution in [3.63, 3.8) is 0 Å². The molecule has 0 saturated carbocycles. The van der Waals surface area contributed by atoms with Crippen molar-refractivity contribution in [2.45, 2.75) is 31.2 Å². The Labute approximate surface area is 136 Å². The number of hydrogen-bond acceptors (Lipinski definition) is 2. The molecule has 1 aromatic carbocycles. The van der Waals surface area contributed by atoms with Crippen LogP contribution in [-0.2, 0) is 10.0 Å². The molecular weight excluding hydrogens is 417 g/mol. The number of halogens is 3.